The largest absolute Gasteiger partial charge is 0.490 e. The number of nitrogens with zero attached hydrogens (tertiary/aromatic N) is 1. The van der Waals surface area contributed by atoms with Crippen LogP contribution >= 0.6 is 0 Å². The Balaban J connectivity index is 2.38. The summed E-state index contributed by atoms with van der Waals surface area (Å²) in [6, 6.07) is 5.86. The van der Waals surface area contributed by atoms with Crippen LogP contribution in [-0.2, 0) is 6.42 Å². The lowest BCUT2D eigenvalue weighted by atomic mass is 10.0. The highest BCUT2D eigenvalue weighted by Gasteiger charge is 2.19. The zero-order valence-corrected chi connectivity index (χ0v) is 8.32. The third-order valence-electron chi connectivity index (χ3n) is 2.46. The minimum Gasteiger partial charge on any atom is -0.490 e. The molecule has 0 bridgehead atoms. The lowest BCUT2D eigenvalue weighted by Crippen LogP contribution is -2.05. The Bertz CT molecular complexity index is 385. The van der Waals surface area contributed by atoms with Crippen molar-refractivity contribution in [2.45, 2.75) is 26.4 Å². The third-order valence-corrected chi connectivity index (χ3v) is 2.46. The highest BCUT2D eigenvalue weighted by molar-refractivity contribution is 5.98. The third kappa shape index (κ3) is 1.45. The summed E-state index contributed by atoms with van der Waals surface area (Å²) in [6.45, 7) is 3.83. The van der Waals surface area contributed by atoms with Gasteiger partial charge in [-0.2, -0.15) is 0 Å². The standard InChI is InChI=1S/C11H13NO2/c1-7-5-10-6-9(8(2)12-13)3-4-11(10)14-7/h3-4,6-7,13H,5H2,1-2H3/t7-/m1/s1. The molecule has 2 rings (SSSR count). The van der Waals surface area contributed by atoms with Crippen molar-refractivity contribution in [1.82, 2.24) is 0 Å². The molecule has 1 aromatic carbocycles. The Morgan fingerprint density at radius 2 is 2.36 bits per heavy atom. The number of fused-ring (bicyclic) bond motifs is 1. The van der Waals surface area contributed by atoms with Crippen molar-refractivity contribution in [1.29, 1.82) is 0 Å². The minimum absolute atomic E-state index is 0.256. The number of benzene rings is 1. The van der Waals surface area contributed by atoms with Crippen molar-refractivity contribution in [3.8, 4) is 5.75 Å². The summed E-state index contributed by atoms with van der Waals surface area (Å²) in [5.74, 6) is 0.951. The van der Waals surface area contributed by atoms with E-state index in [-0.39, 0.29) is 6.10 Å². The molecule has 3 heteroatoms. The number of oxime groups is 1. The Kier molecular flexibility index (Phi) is 2.15. The van der Waals surface area contributed by atoms with Crippen LogP contribution in [0.3, 0.4) is 0 Å². The SMILES string of the molecule is CC(=NO)c1ccc2c(c1)C[C@@H](C)O2. The van der Waals surface area contributed by atoms with E-state index < -0.39 is 0 Å². The summed E-state index contributed by atoms with van der Waals surface area (Å²) in [7, 11) is 0. The molecule has 1 aliphatic rings. The van der Waals surface area contributed by atoms with Gasteiger partial charge in [-0.3, -0.25) is 0 Å². The summed E-state index contributed by atoms with van der Waals surface area (Å²) >= 11 is 0. The molecule has 3 nitrogen and oxygen atoms in total. The van der Waals surface area contributed by atoms with Crippen molar-refractivity contribution >= 4 is 5.71 Å². The molecule has 0 saturated carbocycles. The fraction of sp³-hybridized carbons (Fsp3) is 0.364. The van der Waals surface area contributed by atoms with Gasteiger partial charge < -0.3 is 9.94 Å². The van der Waals surface area contributed by atoms with E-state index in [0.29, 0.717) is 5.71 Å². The Labute approximate surface area is 83.0 Å². The number of ether oxygens (including phenoxy) is 1. The smallest absolute Gasteiger partial charge is 0.123 e. The maximum absolute atomic E-state index is 8.65. The molecule has 0 aromatic heterocycles. The number of rotatable bonds is 1. The van der Waals surface area contributed by atoms with Crippen molar-refractivity contribution in [3.63, 3.8) is 0 Å². The lowest BCUT2D eigenvalue weighted by molar-refractivity contribution is 0.254. The van der Waals surface area contributed by atoms with Crippen LogP contribution < -0.4 is 4.74 Å². The van der Waals surface area contributed by atoms with Gasteiger partial charge in [0.25, 0.3) is 0 Å². The van der Waals surface area contributed by atoms with Crippen LogP contribution in [0.25, 0.3) is 0 Å². The molecule has 0 radical (unpaired) electrons. The van der Waals surface area contributed by atoms with Gasteiger partial charge in [0.15, 0.2) is 0 Å². The predicted molar refractivity (Wildman–Crippen MR) is 54.2 cm³/mol. The second kappa shape index (κ2) is 3.33. The van der Waals surface area contributed by atoms with Gasteiger partial charge in [-0.15, -0.1) is 0 Å². The van der Waals surface area contributed by atoms with Crippen LogP contribution in [0.15, 0.2) is 23.4 Å². The monoisotopic (exact) mass is 191 g/mol. The fourth-order valence-electron chi connectivity index (χ4n) is 1.70. The zero-order chi connectivity index (χ0) is 10.1. The maximum Gasteiger partial charge on any atom is 0.123 e. The molecule has 14 heavy (non-hydrogen) atoms. The molecule has 1 heterocycles. The molecule has 0 spiro atoms. The second-order valence-electron chi connectivity index (χ2n) is 3.64. The molecule has 1 N–H and O–H groups in total. The summed E-state index contributed by atoms with van der Waals surface area (Å²) in [5.41, 5.74) is 2.77. The van der Waals surface area contributed by atoms with Crippen molar-refractivity contribution in [2.24, 2.45) is 5.16 Å². The molecule has 74 valence electrons. The van der Waals surface area contributed by atoms with E-state index in [1.165, 1.54) is 5.56 Å². The Hall–Kier alpha value is -1.51. The summed E-state index contributed by atoms with van der Waals surface area (Å²) < 4.78 is 5.57. The van der Waals surface area contributed by atoms with Gasteiger partial charge in [0, 0.05) is 6.42 Å². The molecule has 1 aliphatic heterocycles. The molecule has 0 unspecified atom stereocenters. The quantitative estimate of drug-likeness (QED) is 0.420. The highest BCUT2D eigenvalue weighted by atomic mass is 16.5. The molecule has 1 aromatic rings. The average molecular weight is 191 g/mol. The van der Waals surface area contributed by atoms with E-state index in [1.54, 1.807) is 6.92 Å². The van der Waals surface area contributed by atoms with Crippen LogP contribution in [0, 0.1) is 0 Å². The molecule has 0 fully saturated rings. The molecular weight excluding hydrogens is 178 g/mol. The normalized spacial score (nSPS) is 20.4. The number of hydrogen-bond donors (Lipinski definition) is 1. The van der Waals surface area contributed by atoms with E-state index in [9.17, 15) is 0 Å². The van der Waals surface area contributed by atoms with Crippen molar-refractivity contribution in [2.75, 3.05) is 0 Å². The summed E-state index contributed by atoms with van der Waals surface area (Å²) in [4.78, 5) is 0. The molecule has 0 aliphatic carbocycles. The lowest BCUT2D eigenvalue weighted by Gasteiger charge is -2.02. The fourth-order valence-corrected chi connectivity index (χ4v) is 1.70. The molecule has 0 amide bonds. The van der Waals surface area contributed by atoms with Crippen molar-refractivity contribution in [3.05, 3.63) is 29.3 Å². The zero-order valence-electron chi connectivity index (χ0n) is 8.32. The first kappa shape index (κ1) is 9.06. The van der Waals surface area contributed by atoms with Gasteiger partial charge in [0.2, 0.25) is 0 Å². The van der Waals surface area contributed by atoms with E-state index in [2.05, 4.69) is 5.16 Å². The van der Waals surface area contributed by atoms with Crippen LogP contribution in [0.5, 0.6) is 5.75 Å². The first-order chi connectivity index (χ1) is 6.70. The van der Waals surface area contributed by atoms with Crippen molar-refractivity contribution < 1.29 is 9.94 Å². The van der Waals surface area contributed by atoms with Crippen LogP contribution in [-0.4, -0.2) is 17.0 Å². The van der Waals surface area contributed by atoms with Gasteiger partial charge in [-0.25, -0.2) is 0 Å². The van der Waals surface area contributed by atoms with Crippen LogP contribution in [0.4, 0.5) is 0 Å². The average Bonchev–Trinajstić information content (AvgIpc) is 2.55. The van der Waals surface area contributed by atoms with Gasteiger partial charge in [0.05, 0.1) is 5.71 Å². The topological polar surface area (TPSA) is 41.8 Å². The predicted octanol–water partition coefficient (Wildman–Crippen LogP) is 2.21. The van der Waals surface area contributed by atoms with Gasteiger partial charge in [0.1, 0.15) is 11.9 Å². The van der Waals surface area contributed by atoms with Crippen LogP contribution in [0.2, 0.25) is 0 Å². The summed E-state index contributed by atoms with van der Waals surface area (Å²) in [5, 5.41) is 11.8. The Morgan fingerprint density at radius 1 is 1.57 bits per heavy atom. The van der Waals surface area contributed by atoms with Crippen LogP contribution in [0.1, 0.15) is 25.0 Å². The Morgan fingerprint density at radius 3 is 3.07 bits per heavy atom. The summed E-state index contributed by atoms with van der Waals surface area (Å²) in [6.07, 6.45) is 1.19. The second-order valence-corrected chi connectivity index (χ2v) is 3.64. The minimum atomic E-state index is 0.256. The number of hydrogen-bond acceptors (Lipinski definition) is 3. The molecule has 1 atom stereocenters. The van der Waals surface area contributed by atoms with Gasteiger partial charge in [-0.05, 0) is 43.2 Å². The maximum atomic E-state index is 8.65. The van der Waals surface area contributed by atoms with E-state index in [1.807, 2.05) is 25.1 Å². The van der Waals surface area contributed by atoms with E-state index in [0.717, 1.165) is 17.7 Å². The molecule has 0 saturated heterocycles. The van der Waals surface area contributed by atoms with E-state index in [4.69, 9.17) is 9.94 Å². The van der Waals surface area contributed by atoms with E-state index >= 15 is 0 Å². The first-order valence-corrected chi connectivity index (χ1v) is 4.69. The van der Waals surface area contributed by atoms with Gasteiger partial charge >= 0.3 is 0 Å². The van der Waals surface area contributed by atoms with Gasteiger partial charge in [-0.1, -0.05) is 5.16 Å². The molecular formula is C11H13NO2. The highest BCUT2D eigenvalue weighted by Crippen LogP contribution is 2.29. The first-order valence-electron chi connectivity index (χ1n) is 4.69.